The van der Waals surface area contributed by atoms with Crippen LogP contribution < -0.4 is 10.6 Å². The van der Waals surface area contributed by atoms with Crippen LogP contribution in [0, 0.1) is 11.8 Å². The van der Waals surface area contributed by atoms with E-state index < -0.39 is 11.7 Å². The minimum atomic E-state index is -4.41. The molecule has 0 aromatic heterocycles. The largest absolute Gasteiger partial charge is 0.416 e. The van der Waals surface area contributed by atoms with Crippen molar-refractivity contribution in [1.82, 2.24) is 15.5 Å². The highest BCUT2D eigenvalue weighted by Crippen LogP contribution is 2.29. The molecule has 1 aliphatic rings. The second-order valence-corrected chi connectivity index (χ2v) is 7.41. The zero-order valence-electron chi connectivity index (χ0n) is 17.6. The van der Waals surface area contributed by atoms with E-state index >= 15 is 0 Å². The molecule has 2 aromatic rings. The van der Waals surface area contributed by atoms with Crippen molar-refractivity contribution in [2.45, 2.75) is 12.2 Å². The normalized spacial score (nSPS) is 15.5. The van der Waals surface area contributed by atoms with Gasteiger partial charge in [-0.2, -0.15) is 13.2 Å². The van der Waals surface area contributed by atoms with Crippen molar-refractivity contribution in [1.29, 1.82) is 0 Å². The van der Waals surface area contributed by atoms with E-state index in [4.69, 9.17) is 4.74 Å². The zero-order chi connectivity index (χ0) is 22.8. The molecule has 3 rings (SSSR count). The molecule has 1 saturated heterocycles. The molecule has 5 nitrogen and oxygen atoms in total. The van der Waals surface area contributed by atoms with Crippen LogP contribution >= 0.6 is 0 Å². The minimum absolute atomic E-state index is 0.0174. The fourth-order valence-electron chi connectivity index (χ4n) is 3.36. The number of hydrogen-bond donors (Lipinski definition) is 2. The van der Waals surface area contributed by atoms with Gasteiger partial charge in [0.1, 0.15) is 0 Å². The Bertz CT molecular complexity index is 933. The van der Waals surface area contributed by atoms with Gasteiger partial charge in [0.15, 0.2) is 0 Å². The predicted molar refractivity (Wildman–Crippen MR) is 116 cm³/mol. The van der Waals surface area contributed by atoms with E-state index in [2.05, 4.69) is 27.4 Å². The number of ether oxygens (including phenoxy) is 1. The molecule has 1 fully saturated rings. The van der Waals surface area contributed by atoms with Crippen molar-refractivity contribution in [2.75, 3.05) is 45.9 Å². The minimum Gasteiger partial charge on any atom is -0.379 e. The highest BCUT2D eigenvalue weighted by molar-refractivity contribution is 5.78. The van der Waals surface area contributed by atoms with Gasteiger partial charge >= 0.3 is 6.18 Å². The van der Waals surface area contributed by atoms with Crippen LogP contribution in [-0.2, 0) is 15.7 Å². The molecule has 1 aliphatic heterocycles. The van der Waals surface area contributed by atoms with E-state index in [1.54, 1.807) is 0 Å². The summed E-state index contributed by atoms with van der Waals surface area (Å²) in [6.45, 7) is 4.02. The lowest BCUT2D eigenvalue weighted by atomic mass is 10.1. The number of carbonyl (C=O) groups excluding carboxylic acids is 1. The number of nitrogens with zero attached hydrogens (tertiary/aromatic N) is 1. The topological polar surface area (TPSA) is 53.6 Å². The molecular weight excluding hydrogens is 419 g/mol. The highest BCUT2D eigenvalue weighted by Gasteiger charge is 2.30. The molecule has 0 saturated carbocycles. The van der Waals surface area contributed by atoms with E-state index in [0.717, 1.165) is 37.3 Å². The predicted octanol–water partition coefficient (Wildman–Crippen LogP) is 2.84. The van der Waals surface area contributed by atoms with Crippen molar-refractivity contribution in [3.63, 3.8) is 0 Å². The number of alkyl halides is 3. The summed E-state index contributed by atoms with van der Waals surface area (Å²) in [6, 6.07) is 14.7. The third kappa shape index (κ3) is 7.68. The molecule has 2 aromatic carbocycles. The molecule has 1 atom stereocenters. The smallest absolute Gasteiger partial charge is 0.379 e. The third-order valence-electron chi connectivity index (χ3n) is 5.05. The Labute approximate surface area is 185 Å². The molecule has 170 valence electrons. The van der Waals surface area contributed by atoms with Gasteiger partial charge in [-0.05, 0) is 23.8 Å². The number of halogens is 3. The summed E-state index contributed by atoms with van der Waals surface area (Å²) in [7, 11) is 0. The summed E-state index contributed by atoms with van der Waals surface area (Å²) < 4.78 is 43.7. The van der Waals surface area contributed by atoms with Crippen molar-refractivity contribution >= 4 is 5.91 Å². The molecule has 2 N–H and O–H groups in total. The number of hydrogen-bond acceptors (Lipinski definition) is 4. The second kappa shape index (κ2) is 11.7. The van der Waals surface area contributed by atoms with Gasteiger partial charge in [-0.25, -0.2) is 0 Å². The first-order valence-electron chi connectivity index (χ1n) is 10.4. The van der Waals surface area contributed by atoms with E-state index in [1.807, 2.05) is 30.3 Å². The van der Waals surface area contributed by atoms with Crippen LogP contribution in [0.4, 0.5) is 13.2 Å². The molecule has 0 radical (unpaired) electrons. The first kappa shape index (κ1) is 23.8. The van der Waals surface area contributed by atoms with Gasteiger partial charge in [-0.15, -0.1) is 0 Å². The van der Waals surface area contributed by atoms with E-state index in [1.165, 1.54) is 12.1 Å². The average molecular weight is 445 g/mol. The third-order valence-corrected chi connectivity index (χ3v) is 5.05. The van der Waals surface area contributed by atoms with Crippen molar-refractivity contribution < 1.29 is 22.7 Å². The van der Waals surface area contributed by atoms with E-state index in [9.17, 15) is 18.0 Å². The zero-order valence-corrected chi connectivity index (χ0v) is 17.6. The Hall–Kier alpha value is -2.86. The summed E-state index contributed by atoms with van der Waals surface area (Å²) in [5, 5.41) is 5.98. The van der Waals surface area contributed by atoms with Crippen LogP contribution in [0.1, 0.15) is 22.7 Å². The van der Waals surface area contributed by atoms with Crippen LogP contribution in [0.5, 0.6) is 0 Å². The second-order valence-electron chi connectivity index (χ2n) is 7.41. The van der Waals surface area contributed by atoms with Crippen LogP contribution in [0.15, 0.2) is 54.6 Å². The monoisotopic (exact) mass is 445 g/mol. The van der Waals surface area contributed by atoms with Crippen LogP contribution in [0.3, 0.4) is 0 Å². The number of rotatable bonds is 7. The summed E-state index contributed by atoms with van der Waals surface area (Å²) in [5.41, 5.74) is 0.600. The van der Waals surface area contributed by atoms with Crippen LogP contribution in [0.2, 0.25) is 0 Å². The number of morpholine rings is 1. The summed E-state index contributed by atoms with van der Waals surface area (Å²) >= 11 is 0. The van der Waals surface area contributed by atoms with Gasteiger partial charge in [-0.1, -0.05) is 48.2 Å². The Kier molecular flexibility index (Phi) is 8.68. The Morgan fingerprint density at radius 2 is 1.84 bits per heavy atom. The maximum absolute atomic E-state index is 12.8. The number of amides is 1. The standard InChI is InChI=1S/C24H26F3N3O2/c25-24(26,27)21-10-4-6-19(16-21)7-5-11-28-23(31)17-29-22(20-8-2-1-3-9-20)18-30-12-14-32-15-13-30/h1-4,6,8-10,16,22,29H,11-15,17-18H2,(H,28,31). The summed E-state index contributed by atoms with van der Waals surface area (Å²) in [5.74, 6) is 5.12. The van der Waals surface area contributed by atoms with Gasteiger partial charge in [0.25, 0.3) is 0 Å². The van der Waals surface area contributed by atoms with E-state index in [-0.39, 0.29) is 30.6 Å². The summed E-state index contributed by atoms with van der Waals surface area (Å²) in [6.07, 6.45) is -4.41. The molecule has 1 amide bonds. The van der Waals surface area contributed by atoms with Gasteiger partial charge in [0.05, 0.1) is 31.9 Å². The fraction of sp³-hybridized carbons (Fsp3) is 0.375. The Morgan fingerprint density at radius 1 is 1.09 bits per heavy atom. The Morgan fingerprint density at radius 3 is 2.56 bits per heavy atom. The number of carbonyl (C=O) groups is 1. The van der Waals surface area contributed by atoms with Crippen LogP contribution in [-0.4, -0.2) is 56.7 Å². The maximum Gasteiger partial charge on any atom is 0.416 e. The first-order valence-corrected chi connectivity index (χ1v) is 10.4. The lowest BCUT2D eigenvalue weighted by Crippen LogP contribution is -2.44. The molecular formula is C24H26F3N3O2. The SMILES string of the molecule is O=C(CNC(CN1CCOCC1)c1ccccc1)NCC#Cc1cccc(C(F)(F)F)c1. The molecule has 0 aliphatic carbocycles. The number of benzene rings is 2. The van der Waals surface area contributed by atoms with Gasteiger partial charge in [-0.3, -0.25) is 9.69 Å². The lowest BCUT2D eigenvalue weighted by molar-refractivity contribution is -0.137. The molecule has 32 heavy (non-hydrogen) atoms. The molecule has 1 heterocycles. The quantitative estimate of drug-likeness (QED) is 0.644. The van der Waals surface area contributed by atoms with Crippen LogP contribution in [0.25, 0.3) is 0 Å². The molecule has 0 bridgehead atoms. The van der Waals surface area contributed by atoms with Gasteiger partial charge in [0.2, 0.25) is 5.91 Å². The Balaban J connectivity index is 1.50. The first-order chi connectivity index (χ1) is 15.4. The lowest BCUT2D eigenvalue weighted by Gasteiger charge is -2.31. The fourth-order valence-corrected chi connectivity index (χ4v) is 3.36. The van der Waals surface area contributed by atoms with E-state index in [0.29, 0.717) is 13.2 Å². The van der Waals surface area contributed by atoms with Crippen molar-refractivity contribution in [3.05, 3.63) is 71.3 Å². The average Bonchev–Trinajstić information content (AvgIpc) is 2.80. The van der Waals surface area contributed by atoms with Gasteiger partial charge < -0.3 is 15.4 Å². The molecule has 8 heteroatoms. The highest BCUT2D eigenvalue weighted by atomic mass is 19.4. The molecule has 1 unspecified atom stereocenters. The summed E-state index contributed by atoms with van der Waals surface area (Å²) in [4.78, 5) is 14.5. The maximum atomic E-state index is 12.8. The van der Waals surface area contributed by atoms with Crippen molar-refractivity contribution in [2.24, 2.45) is 0 Å². The number of nitrogens with one attached hydrogen (secondary N) is 2. The van der Waals surface area contributed by atoms with Gasteiger partial charge in [0, 0.05) is 31.2 Å². The molecule has 0 spiro atoms. The van der Waals surface area contributed by atoms with Crippen molar-refractivity contribution in [3.8, 4) is 11.8 Å².